The van der Waals surface area contributed by atoms with Crippen molar-refractivity contribution >= 4 is 34.7 Å². The number of nitrogens with zero attached hydrogens (tertiary/aromatic N) is 2. The van der Waals surface area contributed by atoms with E-state index in [4.69, 9.17) is 4.74 Å². The molecule has 3 N–H and O–H groups in total. The number of carbonyl (C=O) groups excluding carboxylic acids is 1. The molecule has 0 saturated carbocycles. The maximum atomic E-state index is 11.7. The molecule has 2 atom stereocenters. The van der Waals surface area contributed by atoms with Gasteiger partial charge in [0.15, 0.2) is 0 Å². The van der Waals surface area contributed by atoms with E-state index in [0.29, 0.717) is 5.88 Å². The largest absolute Gasteiger partial charge is 0.481 e. The number of aromatic nitrogens is 2. The van der Waals surface area contributed by atoms with E-state index >= 15 is 0 Å². The van der Waals surface area contributed by atoms with Gasteiger partial charge in [-0.3, -0.25) is 15.1 Å². The van der Waals surface area contributed by atoms with Crippen LogP contribution < -0.4 is 20.7 Å². The molecular formula is C15H19N5O2S2. The molecule has 0 aromatic carbocycles. The van der Waals surface area contributed by atoms with E-state index in [1.165, 1.54) is 6.92 Å². The van der Waals surface area contributed by atoms with Gasteiger partial charge in [0.1, 0.15) is 0 Å². The van der Waals surface area contributed by atoms with Gasteiger partial charge in [-0.05, 0) is 13.0 Å². The van der Waals surface area contributed by atoms with Crippen molar-refractivity contribution in [2.24, 2.45) is 0 Å². The number of methoxy groups -OCH3 is 1. The van der Waals surface area contributed by atoms with Crippen molar-refractivity contribution in [1.29, 1.82) is 0 Å². The van der Waals surface area contributed by atoms with Crippen molar-refractivity contribution in [3.05, 3.63) is 34.9 Å². The van der Waals surface area contributed by atoms with Crippen molar-refractivity contribution in [2.45, 2.75) is 24.5 Å². The SMILES string of the molecule is COc1ccc(NC2(NC(C)=O)NC(C)(c3cncs3)CS2)cn1. The molecule has 7 nitrogen and oxygen atoms in total. The number of carbonyl (C=O) groups is 1. The van der Waals surface area contributed by atoms with Gasteiger partial charge in [0.2, 0.25) is 16.9 Å². The molecule has 1 aliphatic heterocycles. The summed E-state index contributed by atoms with van der Waals surface area (Å²) in [4.78, 5) is 21.2. The molecule has 1 fully saturated rings. The van der Waals surface area contributed by atoms with Crippen LogP contribution in [0.2, 0.25) is 0 Å². The summed E-state index contributed by atoms with van der Waals surface area (Å²) in [5.41, 5.74) is 2.30. The van der Waals surface area contributed by atoms with E-state index in [2.05, 4.69) is 32.8 Å². The molecule has 0 bridgehead atoms. The van der Waals surface area contributed by atoms with Crippen LogP contribution in [-0.2, 0) is 10.3 Å². The molecule has 0 spiro atoms. The van der Waals surface area contributed by atoms with Gasteiger partial charge in [-0.15, -0.1) is 11.3 Å². The number of thioether (sulfide) groups is 1. The Morgan fingerprint density at radius 3 is 2.83 bits per heavy atom. The Morgan fingerprint density at radius 2 is 2.25 bits per heavy atom. The van der Waals surface area contributed by atoms with Gasteiger partial charge < -0.3 is 15.4 Å². The monoisotopic (exact) mass is 365 g/mol. The highest BCUT2D eigenvalue weighted by Crippen LogP contribution is 2.41. The van der Waals surface area contributed by atoms with E-state index in [-0.39, 0.29) is 11.4 Å². The van der Waals surface area contributed by atoms with Crippen LogP contribution in [0.3, 0.4) is 0 Å². The van der Waals surface area contributed by atoms with Gasteiger partial charge in [-0.25, -0.2) is 4.98 Å². The second-order valence-electron chi connectivity index (χ2n) is 5.69. The summed E-state index contributed by atoms with van der Waals surface area (Å²) in [6, 6.07) is 3.63. The predicted octanol–water partition coefficient (Wildman–Crippen LogP) is 1.96. The molecule has 2 aromatic heterocycles. The van der Waals surface area contributed by atoms with Crippen molar-refractivity contribution in [3.8, 4) is 5.88 Å². The minimum absolute atomic E-state index is 0.127. The third-order valence-corrected chi connectivity index (χ3v) is 6.12. The normalized spacial score (nSPS) is 26.1. The first-order chi connectivity index (χ1) is 11.4. The van der Waals surface area contributed by atoms with Crippen LogP contribution in [0.15, 0.2) is 30.0 Å². The maximum Gasteiger partial charge on any atom is 0.220 e. The summed E-state index contributed by atoms with van der Waals surface area (Å²) < 4.78 is 5.08. The van der Waals surface area contributed by atoms with Gasteiger partial charge in [0.25, 0.3) is 0 Å². The molecule has 1 saturated heterocycles. The highest BCUT2D eigenvalue weighted by Gasteiger charge is 2.48. The molecule has 3 rings (SSSR count). The highest BCUT2D eigenvalue weighted by atomic mass is 32.2. The summed E-state index contributed by atoms with van der Waals surface area (Å²) >= 11 is 3.19. The minimum atomic E-state index is -0.819. The molecule has 0 aliphatic carbocycles. The number of pyridine rings is 1. The molecule has 1 aliphatic rings. The molecular weight excluding hydrogens is 346 g/mol. The molecule has 9 heteroatoms. The second-order valence-corrected chi connectivity index (χ2v) is 7.76. The van der Waals surface area contributed by atoms with Gasteiger partial charge in [-0.2, -0.15) is 0 Å². The van der Waals surface area contributed by atoms with Crippen LogP contribution in [0.25, 0.3) is 0 Å². The topological polar surface area (TPSA) is 88.2 Å². The standard InChI is InChI=1S/C15H19N5O2S2/c1-10(21)18-15(19-11-4-5-13(22-3)17-6-11)20-14(2,8-24-15)12-7-16-9-23-12/h4-7,9,19-20H,8H2,1-3H3,(H,18,21). The fourth-order valence-electron chi connectivity index (χ4n) is 2.53. The number of anilines is 1. The van der Waals surface area contributed by atoms with Crippen LogP contribution in [0.4, 0.5) is 5.69 Å². The summed E-state index contributed by atoms with van der Waals surface area (Å²) in [6.45, 7) is 3.60. The van der Waals surface area contributed by atoms with Gasteiger partial charge >= 0.3 is 0 Å². The average molecular weight is 365 g/mol. The zero-order valence-electron chi connectivity index (χ0n) is 13.6. The van der Waals surface area contributed by atoms with E-state index < -0.39 is 5.12 Å². The molecule has 1 amide bonds. The first-order valence-corrected chi connectivity index (χ1v) is 9.20. The third kappa shape index (κ3) is 3.47. The number of thiazole rings is 1. The minimum Gasteiger partial charge on any atom is -0.481 e. The Morgan fingerprint density at radius 1 is 1.42 bits per heavy atom. The zero-order chi connectivity index (χ0) is 17.2. The summed E-state index contributed by atoms with van der Waals surface area (Å²) in [6.07, 6.45) is 3.53. The lowest BCUT2D eigenvalue weighted by atomic mass is 10.0. The number of ether oxygens (including phenoxy) is 1. The van der Waals surface area contributed by atoms with Crippen molar-refractivity contribution < 1.29 is 9.53 Å². The zero-order valence-corrected chi connectivity index (χ0v) is 15.3. The summed E-state index contributed by atoms with van der Waals surface area (Å²) in [5, 5.41) is 9.02. The summed E-state index contributed by atoms with van der Waals surface area (Å²) in [5.74, 6) is 1.19. The Hall–Kier alpha value is -1.84. The molecule has 3 heterocycles. The Bertz CT molecular complexity index is 709. The van der Waals surface area contributed by atoms with Crippen LogP contribution in [-0.4, -0.2) is 33.9 Å². The number of rotatable bonds is 5. The molecule has 24 heavy (non-hydrogen) atoms. The van der Waals surface area contributed by atoms with Crippen LogP contribution in [0.1, 0.15) is 18.7 Å². The Balaban J connectivity index is 1.84. The smallest absolute Gasteiger partial charge is 0.220 e. The first kappa shape index (κ1) is 17.0. The molecule has 128 valence electrons. The van der Waals surface area contributed by atoms with E-state index in [0.717, 1.165) is 16.3 Å². The van der Waals surface area contributed by atoms with Crippen molar-refractivity contribution in [1.82, 2.24) is 20.6 Å². The van der Waals surface area contributed by atoms with Gasteiger partial charge in [0.05, 0.1) is 30.0 Å². The lowest BCUT2D eigenvalue weighted by Crippen LogP contribution is -2.61. The van der Waals surface area contributed by atoms with Crippen molar-refractivity contribution in [3.63, 3.8) is 0 Å². The van der Waals surface area contributed by atoms with E-state index in [1.54, 1.807) is 42.5 Å². The van der Waals surface area contributed by atoms with Crippen molar-refractivity contribution in [2.75, 3.05) is 18.2 Å². The fraction of sp³-hybridized carbons (Fsp3) is 0.400. The lowest BCUT2D eigenvalue weighted by Gasteiger charge is -2.34. The average Bonchev–Trinajstić information content (AvgIpc) is 3.17. The number of hydrogen-bond acceptors (Lipinski definition) is 8. The predicted molar refractivity (Wildman–Crippen MR) is 96.0 cm³/mol. The summed E-state index contributed by atoms with van der Waals surface area (Å²) in [7, 11) is 1.57. The highest BCUT2D eigenvalue weighted by molar-refractivity contribution is 8.01. The quantitative estimate of drug-likeness (QED) is 0.698. The van der Waals surface area contributed by atoms with Crippen LogP contribution in [0, 0.1) is 0 Å². The number of nitrogens with one attached hydrogen (secondary N) is 3. The number of amides is 1. The molecule has 0 radical (unpaired) electrons. The van der Waals surface area contributed by atoms with E-state index in [9.17, 15) is 4.79 Å². The van der Waals surface area contributed by atoms with Crippen LogP contribution >= 0.6 is 23.1 Å². The maximum absolute atomic E-state index is 11.7. The molecule has 2 unspecified atom stereocenters. The molecule has 2 aromatic rings. The Kier molecular flexibility index (Phi) is 4.66. The second kappa shape index (κ2) is 6.58. The lowest BCUT2D eigenvalue weighted by molar-refractivity contribution is -0.120. The van der Waals surface area contributed by atoms with E-state index in [1.807, 2.05) is 17.8 Å². The van der Waals surface area contributed by atoms with Gasteiger partial charge in [0, 0.05) is 29.8 Å². The van der Waals surface area contributed by atoms with Gasteiger partial charge in [-0.1, -0.05) is 11.8 Å². The fourth-order valence-corrected chi connectivity index (χ4v) is 4.79. The van der Waals surface area contributed by atoms with Crippen LogP contribution in [0.5, 0.6) is 5.88 Å². The number of hydrogen-bond donors (Lipinski definition) is 3. The third-order valence-electron chi connectivity index (χ3n) is 3.62. The first-order valence-electron chi connectivity index (χ1n) is 7.34. The Labute approximate surface area is 148 Å².